The highest BCUT2D eigenvalue weighted by Gasteiger charge is 2.67. The first-order chi connectivity index (χ1) is 19.4. The van der Waals surface area contributed by atoms with Crippen molar-refractivity contribution in [2.45, 2.75) is 162 Å². The van der Waals surface area contributed by atoms with Gasteiger partial charge in [0.1, 0.15) is 18.3 Å². The Hall–Kier alpha value is -0.280. The van der Waals surface area contributed by atoms with Gasteiger partial charge in [0.05, 0.1) is 24.4 Å². The molecule has 0 aromatic carbocycles. The molecular weight excluding hydrogens is 532 g/mol. The molecule has 7 nitrogen and oxygen atoms in total. The summed E-state index contributed by atoms with van der Waals surface area (Å²) >= 11 is 0. The van der Waals surface area contributed by atoms with Crippen LogP contribution in [0.2, 0.25) is 0 Å². The molecule has 6 fully saturated rings. The second-order valence-corrected chi connectivity index (χ2v) is 17.9. The summed E-state index contributed by atoms with van der Waals surface area (Å²) in [7, 11) is 0. The molecule has 0 aromatic heterocycles. The number of aliphatic hydroxyl groups excluding tert-OH is 4. The van der Waals surface area contributed by atoms with Crippen LogP contribution >= 0.6 is 0 Å². The van der Waals surface area contributed by atoms with Crippen molar-refractivity contribution in [1.82, 2.24) is 0 Å². The van der Waals surface area contributed by atoms with Crippen molar-refractivity contribution < 1.29 is 35.0 Å². The monoisotopic (exact) mass is 592 g/mol. The summed E-state index contributed by atoms with van der Waals surface area (Å²) in [6.45, 7) is 16.6. The van der Waals surface area contributed by atoms with Gasteiger partial charge >= 0.3 is 0 Å². The molecule has 6 aliphatic rings. The highest BCUT2D eigenvalue weighted by atomic mass is 16.7. The Labute approximate surface area is 253 Å². The minimum atomic E-state index is -1.27. The molecular formula is C35H60O7. The zero-order valence-corrected chi connectivity index (χ0v) is 27.3. The summed E-state index contributed by atoms with van der Waals surface area (Å²) in [6.07, 6.45) is 5.88. The molecule has 6 rings (SSSR count). The van der Waals surface area contributed by atoms with Crippen LogP contribution in [0.3, 0.4) is 0 Å². The summed E-state index contributed by atoms with van der Waals surface area (Å²) in [6, 6.07) is 0. The van der Waals surface area contributed by atoms with Gasteiger partial charge in [0.2, 0.25) is 0 Å². The Kier molecular flexibility index (Phi) is 7.63. The van der Waals surface area contributed by atoms with Crippen LogP contribution in [-0.2, 0) is 9.47 Å². The third kappa shape index (κ3) is 4.45. The average Bonchev–Trinajstić information content (AvgIpc) is 3.02. The zero-order chi connectivity index (χ0) is 30.7. The van der Waals surface area contributed by atoms with E-state index < -0.39 is 30.2 Å². The van der Waals surface area contributed by atoms with E-state index in [4.69, 9.17) is 9.47 Å². The zero-order valence-electron chi connectivity index (χ0n) is 27.3. The molecule has 0 spiro atoms. The van der Waals surface area contributed by atoms with Crippen molar-refractivity contribution >= 4 is 0 Å². The molecule has 1 heterocycles. The van der Waals surface area contributed by atoms with Crippen molar-refractivity contribution in [3.8, 4) is 0 Å². The van der Waals surface area contributed by atoms with E-state index in [2.05, 4.69) is 48.5 Å². The minimum Gasteiger partial charge on any atom is -0.393 e. The van der Waals surface area contributed by atoms with Gasteiger partial charge in [0, 0.05) is 0 Å². The largest absolute Gasteiger partial charge is 0.393 e. The molecule has 1 aliphatic heterocycles. The van der Waals surface area contributed by atoms with Crippen molar-refractivity contribution in [3.05, 3.63) is 0 Å². The fourth-order valence-corrected chi connectivity index (χ4v) is 13.0. The Morgan fingerprint density at radius 3 is 1.93 bits per heavy atom. The number of fused-ring (bicyclic) bond motifs is 6. The molecule has 1 saturated heterocycles. The van der Waals surface area contributed by atoms with Crippen LogP contribution in [0.5, 0.6) is 0 Å². The van der Waals surface area contributed by atoms with Crippen molar-refractivity contribution in [2.24, 2.45) is 50.7 Å². The van der Waals surface area contributed by atoms with Crippen LogP contribution in [0.1, 0.15) is 119 Å². The van der Waals surface area contributed by atoms with E-state index in [1.165, 1.54) is 0 Å². The Morgan fingerprint density at radius 1 is 0.619 bits per heavy atom. The second-order valence-electron chi connectivity index (χ2n) is 17.9. The summed E-state index contributed by atoms with van der Waals surface area (Å²) in [5, 5.41) is 54.3. The summed E-state index contributed by atoms with van der Waals surface area (Å²) in [4.78, 5) is 0. The van der Waals surface area contributed by atoms with Crippen LogP contribution in [0.25, 0.3) is 0 Å². The molecule has 242 valence electrons. The molecule has 7 heteroatoms. The lowest BCUT2D eigenvalue weighted by molar-refractivity contribution is -0.306. The van der Waals surface area contributed by atoms with E-state index >= 15 is 0 Å². The summed E-state index contributed by atoms with van der Waals surface area (Å²) in [5.41, 5.74) is -0.691. The van der Waals surface area contributed by atoms with Gasteiger partial charge in [-0.05, 0) is 121 Å². The third-order valence-corrected chi connectivity index (χ3v) is 15.1. The lowest BCUT2D eigenvalue weighted by atomic mass is 9.41. The maximum atomic E-state index is 12.6. The van der Waals surface area contributed by atoms with Crippen LogP contribution < -0.4 is 0 Å². The van der Waals surface area contributed by atoms with Crippen molar-refractivity contribution in [2.75, 3.05) is 6.61 Å². The first kappa shape index (κ1) is 31.7. The Bertz CT molecular complexity index is 1030. The maximum absolute atomic E-state index is 12.6. The quantitative estimate of drug-likeness (QED) is 0.292. The van der Waals surface area contributed by atoms with Gasteiger partial charge in [-0.25, -0.2) is 0 Å². The number of rotatable bonds is 2. The normalized spacial score (nSPS) is 57.1. The van der Waals surface area contributed by atoms with Gasteiger partial charge in [0.15, 0.2) is 6.29 Å². The average molecular weight is 593 g/mol. The van der Waals surface area contributed by atoms with Crippen LogP contribution in [0, 0.1) is 50.7 Å². The molecule has 0 amide bonds. The van der Waals surface area contributed by atoms with Gasteiger partial charge in [-0.1, -0.05) is 48.5 Å². The first-order valence-electron chi connectivity index (χ1n) is 17.1. The van der Waals surface area contributed by atoms with Crippen molar-refractivity contribution in [1.29, 1.82) is 0 Å². The van der Waals surface area contributed by atoms with Crippen molar-refractivity contribution in [3.63, 3.8) is 0 Å². The second kappa shape index (κ2) is 10.1. The van der Waals surface area contributed by atoms with Gasteiger partial charge in [-0.3, -0.25) is 0 Å². The molecule has 42 heavy (non-hydrogen) atoms. The fourth-order valence-electron chi connectivity index (χ4n) is 13.0. The number of hydrogen-bond acceptors (Lipinski definition) is 7. The third-order valence-electron chi connectivity index (χ3n) is 15.1. The summed E-state index contributed by atoms with van der Waals surface area (Å²) in [5.74, 6) is 1.63. The molecule has 0 radical (unpaired) electrons. The molecule has 0 bridgehead atoms. The molecule has 5 N–H and O–H groups in total. The lowest BCUT2D eigenvalue weighted by Crippen LogP contribution is -2.62. The fraction of sp³-hybridized carbons (Fsp3) is 1.00. The van der Waals surface area contributed by atoms with E-state index in [1.54, 1.807) is 0 Å². The molecule has 14 atom stereocenters. The van der Waals surface area contributed by atoms with E-state index in [-0.39, 0.29) is 51.8 Å². The van der Waals surface area contributed by atoms with E-state index in [0.29, 0.717) is 17.8 Å². The van der Waals surface area contributed by atoms with Crippen LogP contribution in [0.15, 0.2) is 0 Å². The number of ether oxygens (including phenoxy) is 2. The number of hydrogen-bond donors (Lipinski definition) is 5. The Morgan fingerprint density at radius 2 is 1.21 bits per heavy atom. The minimum absolute atomic E-state index is 0.0440. The highest BCUT2D eigenvalue weighted by Crippen LogP contribution is 2.72. The smallest absolute Gasteiger partial charge is 0.186 e. The molecule has 0 unspecified atom stereocenters. The van der Waals surface area contributed by atoms with Gasteiger partial charge in [0.25, 0.3) is 0 Å². The summed E-state index contributed by atoms with van der Waals surface area (Å²) < 4.78 is 12.1. The highest BCUT2D eigenvalue weighted by molar-refractivity contribution is 5.17. The maximum Gasteiger partial charge on any atom is 0.186 e. The molecule has 5 saturated carbocycles. The van der Waals surface area contributed by atoms with Crippen LogP contribution in [-0.4, -0.2) is 74.6 Å². The van der Waals surface area contributed by atoms with E-state index in [0.717, 1.165) is 70.6 Å². The molecule has 5 aliphatic carbocycles. The lowest BCUT2D eigenvalue weighted by Gasteiger charge is -2.65. The Balaban J connectivity index is 1.26. The predicted octanol–water partition coefficient (Wildman–Crippen LogP) is 4.80. The van der Waals surface area contributed by atoms with Gasteiger partial charge in [-0.15, -0.1) is 0 Å². The number of aliphatic hydroxyl groups is 5. The standard InChI is InChI=1S/C35H60O7/c1-30(2)21-11-17-35(40)19-32(5)14-10-22-31(3,4)26(42-29-28(39)27(38)20(36)18-41-29)13-16-33(22,6)23(32)8-9-24(35)34(21,7)15-12-25(30)37/h20-29,36-40H,8-19H2,1-7H3/t20-,21-,22-,23+,24+,25-,26-,27+,28-,29+,32-,33-,34-,35-/m0/s1. The van der Waals surface area contributed by atoms with E-state index in [1.807, 2.05) is 0 Å². The van der Waals surface area contributed by atoms with Gasteiger partial charge in [-0.2, -0.15) is 0 Å². The SMILES string of the molecule is CC1(C)[C@@H](O)CC[C@@]2(C)[C@H]1CC[C@]1(O)C[C@]3(C)CC[C@H]4C(C)(C)[C@@H](O[C@H]5OC[C@H](O)[C@@H](O)[C@@H]5O)CC[C@]4(C)[C@@H]3CC[C@@H]12. The van der Waals surface area contributed by atoms with Gasteiger partial charge < -0.3 is 35.0 Å². The topological polar surface area (TPSA) is 120 Å². The first-order valence-corrected chi connectivity index (χ1v) is 17.1. The molecule has 0 aromatic rings. The van der Waals surface area contributed by atoms with E-state index in [9.17, 15) is 25.5 Å². The predicted molar refractivity (Wildman–Crippen MR) is 160 cm³/mol. The van der Waals surface area contributed by atoms with Crippen LogP contribution in [0.4, 0.5) is 0 Å².